The van der Waals surface area contributed by atoms with Crippen LogP contribution >= 0.6 is 11.6 Å². The third-order valence-electron chi connectivity index (χ3n) is 5.66. The van der Waals surface area contributed by atoms with Crippen molar-refractivity contribution < 1.29 is 18.8 Å². The zero-order valence-electron chi connectivity index (χ0n) is 18.1. The Morgan fingerprint density at radius 3 is 2.59 bits per heavy atom. The highest BCUT2D eigenvalue weighted by molar-refractivity contribution is 6.33. The lowest BCUT2D eigenvalue weighted by Gasteiger charge is -2.35. The minimum atomic E-state index is -0.245. The SMILES string of the molecule is COc1ccc([C@@H](CNC(=O)c2c(-c3ccccc3Cl)noc2C)N2CCOCC2)cc1. The van der Waals surface area contributed by atoms with Gasteiger partial charge in [0.1, 0.15) is 22.8 Å². The van der Waals surface area contributed by atoms with E-state index in [4.69, 9.17) is 25.6 Å². The Balaban J connectivity index is 1.56. The predicted octanol–water partition coefficient (Wildman–Crippen LogP) is 4.12. The number of halogens is 1. The summed E-state index contributed by atoms with van der Waals surface area (Å²) in [5.41, 5.74) is 2.60. The van der Waals surface area contributed by atoms with Crippen LogP contribution in [-0.2, 0) is 4.74 Å². The Bertz CT molecular complexity index is 1060. The van der Waals surface area contributed by atoms with Gasteiger partial charge < -0.3 is 19.3 Å². The molecule has 8 heteroatoms. The second-order valence-corrected chi connectivity index (χ2v) is 8.00. The van der Waals surface area contributed by atoms with E-state index in [1.54, 1.807) is 20.1 Å². The van der Waals surface area contributed by atoms with Crippen LogP contribution in [0.2, 0.25) is 5.02 Å². The molecule has 1 saturated heterocycles. The summed E-state index contributed by atoms with van der Waals surface area (Å²) in [6.45, 7) is 5.08. The molecule has 168 valence electrons. The number of nitrogens with zero attached hydrogens (tertiary/aromatic N) is 2. The Labute approximate surface area is 192 Å². The number of aryl methyl sites for hydroxylation is 1. The molecule has 1 amide bonds. The van der Waals surface area contributed by atoms with Crippen LogP contribution in [0.25, 0.3) is 11.3 Å². The molecule has 1 atom stereocenters. The first-order chi connectivity index (χ1) is 15.6. The minimum Gasteiger partial charge on any atom is -0.497 e. The molecule has 1 N–H and O–H groups in total. The van der Waals surface area contributed by atoms with Gasteiger partial charge in [-0.05, 0) is 30.7 Å². The maximum Gasteiger partial charge on any atom is 0.257 e. The molecule has 32 heavy (non-hydrogen) atoms. The number of nitrogens with one attached hydrogen (secondary N) is 1. The summed E-state index contributed by atoms with van der Waals surface area (Å²) in [5, 5.41) is 7.70. The number of hydrogen-bond acceptors (Lipinski definition) is 6. The number of hydrogen-bond donors (Lipinski definition) is 1. The highest BCUT2D eigenvalue weighted by atomic mass is 35.5. The number of ether oxygens (including phenoxy) is 2. The average molecular weight is 456 g/mol. The third-order valence-corrected chi connectivity index (χ3v) is 5.99. The van der Waals surface area contributed by atoms with Crippen molar-refractivity contribution in [2.24, 2.45) is 0 Å². The predicted molar refractivity (Wildman–Crippen MR) is 122 cm³/mol. The summed E-state index contributed by atoms with van der Waals surface area (Å²) in [7, 11) is 1.65. The topological polar surface area (TPSA) is 76.8 Å². The molecule has 1 aliphatic rings. The number of methoxy groups -OCH3 is 1. The number of amides is 1. The minimum absolute atomic E-state index is 0.00214. The molecule has 0 radical (unpaired) electrons. The summed E-state index contributed by atoms with van der Waals surface area (Å²) >= 11 is 6.34. The molecule has 3 aromatic rings. The second kappa shape index (κ2) is 10.2. The molecular weight excluding hydrogens is 430 g/mol. The molecule has 2 heterocycles. The van der Waals surface area contributed by atoms with Crippen LogP contribution in [0.1, 0.15) is 27.7 Å². The number of carbonyl (C=O) groups excluding carboxylic acids is 1. The van der Waals surface area contributed by atoms with Crippen LogP contribution < -0.4 is 10.1 Å². The molecule has 1 aromatic heterocycles. The van der Waals surface area contributed by atoms with Crippen LogP contribution in [-0.4, -0.2) is 55.9 Å². The maximum atomic E-state index is 13.2. The average Bonchev–Trinajstić information content (AvgIpc) is 3.21. The van der Waals surface area contributed by atoms with Gasteiger partial charge in [0.05, 0.1) is 31.4 Å². The van der Waals surface area contributed by atoms with Gasteiger partial charge in [-0.1, -0.05) is 47.1 Å². The van der Waals surface area contributed by atoms with E-state index in [1.807, 2.05) is 42.5 Å². The number of benzene rings is 2. The Kier molecular flexibility index (Phi) is 7.09. The Morgan fingerprint density at radius 1 is 1.19 bits per heavy atom. The highest BCUT2D eigenvalue weighted by Gasteiger charge is 2.26. The lowest BCUT2D eigenvalue weighted by atomic mass is 10.0. The van der Waals surface area contributed by atoms with Gasteiger partial charge in [-0.3, -0.25) is 9.69 Å². The van der Waals surface area contributed by atoms with Gasteiger partial charge >= 0.3 is 0 Å². The molecule has 2 aromatic carbocycles. The van der Waals surface area contributed by atoms with Gasteiger partial charge in [-0.15, -0.1) is 0 Å². The van der Waals surface area contributed by atoms with Crippen molar-refractivity contribution in [3.8, 4) is 17.0 Å². The molecular formula is C24H26ClN3O4. The van der Waals surface area contributed by atoms with Gasteiger partial charge in [0.25, 0.3) is 5.91 Å². The maximum absolute atomic E-state index is 13.2. The molecule has 0 spiro atoms. The summed E-state index contributed by atoms with van der Waals surface area (Å²) in [4.78, 5) is 15.6. The molecule has 4 rings (SSSR count). The zero-order valence-corrected chi connectivity index (χ0v) is 18.9. The van der Waals surface area contributed by atoms with Crippen molar-refractivity contribution >= 4 is 17.5 Å². The first-order valence-corrected chi connectivity index (χ1v) is 10.9. The zero-order chi connectivity index (χ0) is 22.5. The van der Waals surface area contributed by atoms with Crippen molar-refractivity contribution in [2.75, 3.05) is 40.0 Å². The lowest BCUT2D eigenvalue weighted by Crippen LogP contribution is -2.43. The van der Waals surface area contributed by atoms with Crippen LogP contribution in [0.15, 0.2) is 53.1 Å². The van der Waals surface area contributed by atoms with Gasteiger partial charge in [-0.25, -0.2) is 0 Å². The fraction of sp³-hybridized carbons (Fsp3) is 0.333. The molecule has 0 bridgehead atoms. The largest absolute Gasteiger partial charge is 0.497 e. The standard InChI is InChI=1S/C24H26ClN3O4/c1-16-22(23(27-32-16)19-5-3-4-6-20(19)25)24(29)26-15-21(28-11-13-31-14-12-28)17-7-9-18(30-2)10-8-17/h3-10,21H,11-15H2,1-2H3,(H,26,29)/t21-/m1/s1. The van der Waals surface area contributed by atoms with E-state index < -0.39 is 0 Å². The Hall–Kier alpha value is -2.87. The van der Waals surface area contributed by atoms with E-state index in [0.29, 0.717) is 47.4 Å². The van der Waals surface area contributed by atoms with E-state index in [-0.39, 0.29) is 11.9 Å². The van der Waals surface area contributed by atoms with E-state index in [1.165, 1.54) is 0 Å². The molecule has 1 aliphatic heterocycles. The van der Waals surface area contributed by atoms with Crippen LogP contribution in [0.3, 0.4) is 0 Å². The fourth-order valence-electron chi connectivity index (χ4n) is 3.93. The van der Waals surface area contributed by atoms with Gasteiger partial charge in [0.15, 0.2) is 0 Å². The van der Waals surface area contributed by atoms with Gasteiger partial charge in [0.2, 0.25) is 0 Å². The van der Waals surface area contributed by atoms with Crippen molar-refractivity contribution in [1.29, 1.82) is 0 Å². The summed E-state index contributed by atoms with van der Waals surface area (Å²) in [6, 6.07) is 15.2. The Morgan fingerprint density at radius 2 is 1.91 bits per heavy atom. The van der Waals surface area contributed by atoms with Crippen molar-refractivity contribution in [1.82, 2.24) is 15.4 Å². The van der Waals surface area contributed by atoms with Crippen LogP contribution in [0.4, 0.5) is 0 Å². The van der Waals surface area contributed by atoms with E-state index in [0.717, 1.165) is 24.4 Å². The quantitative estimate of drug-likeness (QED) is 0.577. The molecule has 7 nitrogen and oxygen atoms in total. The fourth-order valence-corrected chi connectivity index (χ4v) is 4.15. The van der Waals surface area contributed by atoms with E-state index in [9.17, 15) is 4.79 Å². The molecule has 0 saturated carbocycles. The van der Waals surface area contributed by atoms with Gasteiger partial charge in [-0.2, -0.15) is 0 Å². The summed E-state index contributed by atoms with van der Waals surface area (Å²) < 4.78 is 16.2. The normalized spacial score (nSPS) is 15.3. The smallest absolute Gasteiger partial charge is 0.257 e. The monoisotopic (exact) mass is 455 g/mol. The van der Waals surface area contributed by atoms with Crippen LogP contribution in [0, 0.1) is 6.92 Å². The summed E-state index contributed by atoms with van der Waals surface area (Å²) in [6.07, 6.45) is 0. The van der Waals surface area contributed by atoms with Crippen molar-refractivity contribution in [3.63, 3.8) is 0 Å². The lowest BCUT2D eigenvalue weighted by molar-refractivity contribution is 0.0162. The summed E-state index contributed by atoms with van der Waals surface area (Å²) in [5.74, 6) is 0.998. The third kappa shape index (κ3) is 4.80. The molecule has 0 unspecified atom stereocenters. The first kappa shape index (κ1) is 22.3. The van der Waals surface area contributed by atoms with Crippen LogP contribution in [0.5, 0.6) is 5.75 Å². The molecule has 0 aliphatic carbocycles. The molecule has 1 fully saturated rings. The number of rotatable bonds is 7. The number of carbonyl (C=O) groups is 1. The van der Waals surface area contributed by atoms with E-state index >= 15 is 0 Å². The first-order valence-electron chi connectivity index (χ1n) is 10.5. The second-order valence-electron chi connectivity index (χ2n) is 7.59. The number of morpholine rings is 1. The van der Waals surface area contributed by atoms with E-state index in [2.05, 4.69) is 15.4 Å². The van der Waals surface area contributed by atoms with Crippen molar-refractivity contribution in [2.45, 2.75) is 13.0 Å². The van der Waals surface area contributed by atoms with Crippen molar-refractivity contribution in [3.05, 3.63) is 70.4 Å². The van der Waals surface area contributed by atoms with Gasteiger partial charge in [0, 0.05) is 25.2 Å². The number of aromatic nitrogens is 1. The highest BCUT2D eigenvalue weighted by Crippen LogP contribution is 2.31.